The van der Waals surface area contributed by atoms with Crippen molar-refractivity contribution in [2.24, 2.45) is 0 Å². The van der Waals surface area contributed by atoms with Gasteiger partial charge in [0.2, 0.25) is 0 Å². The lowest BCUT2D eigenvalue weighted by Gasteiger charge is -2.25. The molecule has 1 aliphatic carbocycles. The zero-order valence-corrected chi connectivity index (χ0v) is 20.7. The largest absolute Gasteiger partial charge is 0.494 e. The summed E-state index contributed by atoms with van der Waals surface area (Å²) in [5.74, 6) is 0.975. The van der Waals surface area contributed by atoms with Gasteiger partial charge in [-0.05, 0) is 87.0 Å². The molecule has 0 saturated heterocycles. The second-order valence-corrected chi connectivity index (χ2v) is 11.9. The first-order valence-corrected chi connectivity index (χ1v) is 14.4. The Hall–Kier alpha value is -1.88. The average molecular weight is 439 g/mol. The van der Waals surface area contributed by atoms with Crippen molar-refractivity contribution >= 4 is 20.2 Å². The molecule has 0 atom stereocenters. The molecule has 3 nitrogen and oxygen atoms in total. The molecule has 0 unspecified atom stereocenters. The van der Waals surface area contributed by atoms with Crippen molar-refractivity contribution in [2.45, 2.75) is 65.5 Å². The number of unbranched alkanes of at least 4 members (excludes halogenated alkanes) is 2. The first-order chi connectivity index (χ1) is 15.0. The zero-order valence-electron chi connectivity index (χ0n) is 19.7. The van der Waals surface area contributed by atoms with E-state index < -0.39 is 8.56 Å². The Morgan fingerprint density at radius 1 is 0.903 bits per heavy atom. The van der Waals surface area contributed by atoms with E-state index >= 15 is 0 Å². The van der Waals surface area contributed by atoms with E-state index in [2.05, 4.69) is 75.9 Å². The number of aryl methyl sites for hydroxylation is 2. The Kier molecular flexibility index (Phi) is 8.94. The van der Waals surface area contributed by atoms with E-state index in [1.54, 1.807) is 0 Å². The van der Waals surface area contributed by atoms with Crippen LogP contribution in [0.25, 0.3) is 11.6 Å². The maximum Gasteiger partial charge on any atom is 0.334 e. The highest BCUT2D eigenvalue weighted by Gasteiger charge is 2.29. The third kappa shape index (κ3) is 7.06. The van der Waals surface area contributed by atoms with Crippen LogP contribution in [0, 0.1) is 6.92 Å². The summed E-state index contributed by atoms with van der Waals surface area (Å²) >= 11 is 0. The van der Waals surface area contributed by atoms with Gasteiger partial charge in [-0.1, -0.05) is 54.8 Å². The molecular weight excluding hydrogens is 400 g/mol. The van der Waals surface area contributed by atoms with Crippen LogP contribution in [0.15, 0.2) is 42.5 Å². The molecule has 0 N–H and O–H groups in total. The summed E-state index contributed by atoms with van der Waals surface area (Å²) in [5, 5.41) is 0. The smallest absolute Gasteiger partial charge is 0.334 e. The Morgan fingerprint density at radius 2 is 1.71 bits per heavy atom. The van der Waals surface area contributed by atoms with Gasteiger partial charge < -0.3 is 13.6 Å². The van der Waals surface area contributed by atoms with E-state index in [0.29, 0.717) is 0 Å². The number of ether oxygens (including phenoxy) is 1. The minimum Gasteiger partial charge on any atom is -0.494 e. The number of hydrogen-bond acceptors (Lipinski definition) is 3. The van der Waals surface area contributed by atoms with E-state index in [-0.39, 0.29) is 0 Å². The van der Waals surface area contributed by atoms with Crippen LogP contribution in [-0.2, 0) is 15.3 Å². The predicted octanol–water partition coefficient (Wildman–Crippen LogP) is 7.18. The third-order valence-corrected chi connectivity index (χ3v) is 9.00. The Morgan fingerprint density at radius 3 is 2.45 bits per heavy atom. The van der Waals surface area contributed by atoms with Crippen molar-refractivity contribution in [1.29, 1.82) is 0 Å². The number of benzene rings is 2. The van der Waals surface area contributed by atoms with Crippen LogP contribution in [0.4, 0.5) is 0 Å². The summed E-state index contributed by atoms with van der Waals surface area (Å²) in [6.07, 6.45) is 7.88. The number of hydrogen-bond donors (Lipinski definition) is 0. The van der Waals surface area contributed by atoms with E-state index in [1.807, 2.05) is 0 Å². The fourth-order valence-corrected chi connectivity index (χ4v) is 6.82. The molecule has 0 bridgehead atoms. The molecule has 2 aromatic rings. The van der Waals surface area contributed by atoms with Gasteiger partial charge in [-0.3, -0.25) is 0 Å². The van der Waals surface area contributed by atoms with E-state index in [9.17, 15) is 0 Å². The molecule has 0 aliphatic heterocycles. The quantitative estimate of drug-likeness (QED) is 0.259. The second-order valence-electron chi connectivity index (χ2n) is 8.56. The molecule has 3 rings (SSSR count). The number of allylic oxidation sites excluding steroid dienone is 1. The number of fused-ring (bicyclic) bond motifs is 1. The van der Waals surface area contributed by atoms with E-state index in [4.69, 9.17) is 13.6 Å². The lowest BCUT2D eigenvalue weighted by molar-refractivity contribution is 0.187. The van der Waals surface area contributed by atoms with Gasteiger partial charge in [-0.25, -0.2) is 0 Å². The highest BCUT2D eigenvalue weighted by molar-refractivity contribution is 6.66. The zero-order chi connectivity index (χ0) is 22.1. The lowest BCUT2D eigenvalue weighted by atomic mass is 9.88. The number of rotatable bonds is 12. The molecule has 2 aromatic carbocycles. The third-order valence-electron chi connectivity index (χ3n) is 5.94. The monoisotopic (exact) mass is 438 g/mol. The molecule has 31 heavy (non-hydrogen) atoms. The molecule has 0 fully saturated rings. The molecule has 1 aliphatic rings. The van der Waals surface area contributed by atoms with Crippen LogP contribution in [0.3, 0.4) is 0 Å². The minimum atomic E-state index is -1.98. The van der Waals surface area contributed by atoms with Crippen molar-refractivity contribution in [1.82, 2.24) is 0 Å². The molecule has 0 saturated carbocycles. The first kappa shape index (κ1) is 23.8. The van der Waals surface area contributed by atoms with Crippen LogP contribution in [-0.4, -0.2) is 28.4 Å². The van der Waals surface area contributed by atoms with E-state index in [1.165, 1.54) is 27.8 Å². The molecule has 0 amide bonds. The van der Waals surface area contributed by atoms with Gasteiger partial charge in [0.1, 0.15) is 5.75 Å². The van der Waals surface area contributed by atoms with Crippen molar-refractivity contribution in [3.8, 4) is 5.75 Å². The topological polar surface area (TPSA) is 27.7 Å². The van der Waals surface area contributed by atoms with Crippen molar-refractivity contribution in [3.05, 3.63) is 64.7 Å². The fraction of sp³-hybridized carbons (Fsp3) is 0.481. The van der Waals surface area contributed by atoms with Gasteiger partial charge in [0, 0.05) is 13.2 Å². The van der Waals surface area contributed by atoms with Gasteiger partial charge in [0.25, 0.3) is 0 Å². The predicted molar refractivity (Wildman–Crippen MR) is 133 cm³/mol. The van der Waals surface area contributed by atoms with Crippen LogP contribution in [0.5, 0.6) is 5.75 Å². The summed E-state index contributed by atoms with van der Waals surface area (Å²) in [4.78, 5) is 0. The Labute approximate surface area is 189 Å². The van der Waals surface area contributed by atoms with Gasteiger partial charge in [0.15, 0.2) is 0 Å². The Bertz CT molecular complexity index is 869. The SMILES string of the molecule is CCO[Si](C)(CCCCCOc1ccc2c(c1)C=C(c1cccc(C)c1)CC2)OCC. The van der Waals surface area contributed by atoms with Gasteiger partial charge in [-0.15, -0.1) is 0 Å². The Balaban J connectivity index is 1.49. The van der Waals surface area contributed by atoms with Crippen molar-refractivity contribution in [3.63, 3.8) is 0 Å². The minimum absolute atomic E-state index is 0.740. The van der Waals surface area contributed by atoms with Gasteiger partial charge in [-0.2, -0.15) is 0 Å². The van der Waals surface area contributed by atoms with Crippen LogP contribution >= 0.6 is 0 Å². The molecular formula is C27H38O3Si. The average Bonchev–Trinajstić information content (AvgIpc) is 2.76. The summed E-state index contributed by atoms with van der Waals surface area (Å²) in [5.41, 5.74) is 6.79. The van der Waals surface area contributed by atoms with E-state index in [0.717, 1.165) is 63.7 Å². The van der Waals surface area contributed by atoms with Gasteiger partial charge in [0.05, 0.1) is 6.61 Å². The van der Waals surface area contributed by atoms with Crippen LogP contribution in [0.2, 0.25) is 12.6 Å². The van der Waals surface area contributed by atoms with Crippen molar-refractivity contribution in [2.75, 3.05) is 19.8 Å². The summed E-state index contributed by atoms with van der Waals surface area (Å²) < 4.78 is 17.9. The van der Waals surface area contributed by atoms with Gasteiger partial charge >= 0.3 is 8.56 Å². The fourth-order valence-electron chi connectivity index (χ4n) is 4.34. The molecule has 168 valence electrons. The second kappa shape index (κ2) is 11.7. The lowest BCUT2D eigenvalue weighted by Crippen LogP contribution is -2.38. The molecule has 4 heteroatoms. The summed E-state index contributed by atoms with van der Waals surface area (Å²) in [7, 11) is -1.98. The highest BCUT2D eigenvalue weighted by Crippen LogP contribution is 2.32. The maximum atomic E-state index is 6.08. The molecule has 0 radical (unpaired) electrons. The maximum absolute atomic E-state index is 6.08. The molecule has 0 spiro atoms. The summed E-state index contributed by atoms with van der Waals surface area (Å²) in [6, 6.07) is 16.4. The van der Waals surface area contributed by atoms with Crippen LogP contribution in [0.1, 0.15) is 61.8 Å². The normalized spacial score (nSPS) is 13.6. The van der Waals surface area contributed by atoms with Crippen LogP contribution < -0.4 is 4.74 Å². The molecule has 0 aromatic heterocycles. The standard InChI is InChI=1S/C27H38O3Si/c1-5-29-31(4,30-6-2)18-9-7-8-17-28-27-16-15-23-13-14-25(20-26(23)21-27)24-12-10-11-22(3)19-24/h10-12,15-16,19-21H,5-9,13-14,17-18H2,1-4H3. The summed E-state index contributed by atoms with van der Waals surface area (Å²) in [6.45, 7) is 10.7. The van der Waals surface area contributed by atoms with Crippen molar-refractivity contribution < 1.29 is 13.6 Å². The molecule has 0 heterocycles. The first-order valence-electron chi connectivity index (χ1n) is 11.8. The highest BCUT2D eigenvalue weighted by atomic mass is 28.4.